The van der Waals surface area contributed by atoms with Crippen molar-refractivity contribution in [3.05, 3.63) is 46.4 Å². The molecule has 0 N–H and O–H groups in total. The number of halogens is 1. The highest BCUT2D eigenvalue weighted by Crippen LogP contribution is 2.34. The van der Waals surface area contributed by atoms with Gasteiger partial charge in [0.05, 0.1) is 11.9 Å². The fraction of sp³-hybridized carbons (Fsp3) is 0.250. The second-order valence-electron chi connectivity index (χ2n) is 3.42. The Labute approximate surface area is 107 Å². The van der Waals surface area contributed by atoms with Crippen LogP contribution in [-0.4, -0.2) is 12.1 Å². The summed E-state index contributed by atoms with van der Waals surface area (Å²) in [6.07, 6.45) is 4.61. The van der Waals surface area contributed by atoms with Crippen molar-refractivity contribution in [2.24, 2.45) is 0 Å². The van der Waals surface area contributed by atoms with Crippen LogP contribution in [0, 0.1) is 0 Å². The molecule has 2 aromatic rings. The molecule has 1 atom stereocenters. The molecule has 2 rings (SSSR count). The van der Waals surface area contributed by atoms with E-state index in [1.165, 1.54) is 10.4 Å². The third-order valence-corrected chi connectivity index (χ3v) is 4.45. The lowest BCUT2D eigenvalue weighted by Gasteiger charge is -2.06. The number of aromatic nitrogens is 1. The highest BCUT2D eigenvalue weighted by Gasteiger charge is 2.11. The Morgan fingerprint density at radius 1 is 1.44 bits per heavy atom. The van der Waals surface area contributed by atoms with Gasteiger partial charge in [0, 0.05) is 22.7 Å². The molecule has 1 unspecified atom stereocenters. The van der Waals surface area contributed by atoms with Gasteiger partial charge in [-0.3, -0.25) is 4.98 Å². The zero-order valence-corrected chi connectivity index (χ0v) is 11.3. The van der Waals surface area contributed by atoms with E-state index in [1.807, 2.05) is 29.9 Å². The van der Waals surface area contributed by atoms with Crippen molar-refractivity contribution < 1.29 is 4.74 Å². The van der Waals surface area contributed by atoms with Crippen LogP contribution in [0.5, 0.6) is 5.75 Å². The average molecular weight is 298 g/mol. The van der Waals surface area contributed by atoms with E-state index in [1.54, 1.807) is 18.4 Å². The minimum atomic E-state index is 0.337. The molecule has 0 fully saturated rings. The van der Waals surface area contributed by atoms with E-state index < -0.39 is 0 Å². The molecule has 0 radical (unpaired) electrons. The summed E-state index contributed by atoms with van der Waals surface area (Å²) >= 11 is 5.41. The summed E-state index contributed by atoms with van der Waals surface area (Å²) in [5, 5.41) is 2.02. The molecular formula is C12H12BrNOS. The maximum absolute atomic E-state index is 5.17. The fourth-order valence-corrected chi connectivity index (χ4v) is 3.09. The third kappa shape index (κ3) is 2.83. The summed E-state index contributed by atoms with van der Waals surface area (Å²) in [4.78, 5) is 5.63. The van der Waals surface area contributed by atoms with Gasteiger partial charge in [-0.15, -0.1) is 11.3 Å². The van der Waals surface area contributed by atoms with E-state index in [0.29, 0.717) is 4.83 Å². The Hall–Kier alpha value is -0.870. The second-order valence-corrected chi connectivity index (χ2v) is 5.46. The summed E-state index contributed by atoms with van der Waals surface area (Å²) in [7, 11) is 1.69. The number of hydrogen-bond donors (Lipinski definition) is 0. The van der Waals surface area contributed by atoms with Crippen LogP contribution in [0.15, 0.2) is 36.0 Å². The third-order valence-electron chi connectivity index (χ3n) is 2.30. The van der Waals surface area contributed by atoms with Gasteiger partial charge >= 0.3 is 0 Å². The lowest BCUT2D eigenvalue weighted by molar-refractivity contribution is 0.416. The molecule has 0 aliphatic heterocycles. The van der Waals surface area contributed by atoms with Crippen molar-refractivity contribution in [2.75, 3.05) is 7.11 Å². The summed E-state index contributed by atoms with van der Waals surface area (Å²) in [5.74, 6) is 0.930. The first-order valence-corrected chi connectivity index (χ1v) is 6.74. The molecule has 2 aromatic heterocycles. The lowest BCUT2D eigenvalue weighted by Crippen LogP contribution is -1.92. The molecule has 0 bridgehead atoms. The van der Waals surface area contributed by atoms with Crippen molar-refractivity contribution in [1.82, 2.24) is 4.98 Å². The van der Waals surface area contributed by atoms with E-state index in [0.717, 1.165) is 12.2 Å². The number of thiophene rings is 1. The quantitative estimate of drug-likeness (QED) is 0.800. The van der Waals surface area contributed by atoms with Crippen LogP contribution >= 0.6 is 27.3 Å². The summed E-state index contributed by atoms with van der Waals surface area (Å²) in [6.45, 7) is 0. The van der Waals surface area contributed by atoms with Gasteiger partial charge in [-0.25, -0.2) is 0 Å². The molecule has 0 amide bonds. The molecule has 4 heteroatoms. The van der Waals surface area contributed by atoms with E-state index in [4.69, 9.17) is 4.74 Å². The Balaban J connectivity index is 2.05. The SMILES string of the molecule is COc1csc(C(Br)Cc2ccncc2)c1. The molecule has 0 saturated heterocycles. The fourth-order valence-electron chi connectivity index (χ4n) is 1.43. The second kappa shape index (κ2) is 5.46. The molecule has 2 nitrogen and oxygen atoms in total. The Morgan fingerprint density at radius 3 is 2.81 bits per heavy atom. The minimum absolute atomic E-state index is 0.337. The van der Waals surface area contributed by atoms with Crippen LogP contribution in [0.25, 0.3) is 0 Å². The molecule has 0 aliphatic rings. The van der Waals surface area contributed by atoms with Gasteiger partial charge in [0.25, 0.3) is 0 Å². The van der Waals surface area contributed by atoms with Crippen molar-refractivity contribution >= 4 is 27.3 Å². The topological polar surface area (TPSA) is 22.1 Å². The van der Waals surface area contributed by atoms with E-state index in [9.17, 15) is 0 Å². The molecular weight excluding hydrogens is 286 g/mol. The largest absolute Gasteiger partial charge is 0.496 e. The summed E-state index contributed by atoms with van der Waals surface area (Å²) in [5.41, 5.74) is 1.28. The average Bonchev–Trinajstić information content (AvgIpc) is 2.79. The van der Waals surface area contributed by atoms with Crippen LogP contribution in [0.1, 0.15) is 15.3 Å². The number of pyridine rings is 1. The number of ether oxygens (including phenoxy) is 1. The number of rotatable bonds is 4. The molecule has 0 aliphatic carbocycles. The van der Waals surface area contributed by atoms with E-state index in [-0.39, 0.29) is 0 Å². The molecule has 16 heavy (non-hydrogen) atoms. The maximum atomic E-state index is 5.17. The Kier molecular flexibility index (Phi) is 3.96. The smallest absolute Gasteiger partial charge is 0.129 e. The van der Waals surface area contributed by atoms with Crippen molar-refractivity contribution in [2.45, 2.75) is 11.2 Å². The van der Waals surface area contributed by atoms with Gasteiger partial charge < -0.3 is 4.74 Å². The molecule has 84 valence electrons. The lowest BCUT2D eigenvalue weighted by atomic mass is 10.1. The van der Waals surface area contributed by atoms with Gasteiger partial charge in [-0.2, -0.15) is 0 Å². The van der Waals surface area contributed by atoms with Crippen LogP contribution < -0.4 is 4.74 Å². The molecule has 0 saturated carbocycles. The highest BCUT2D eigenvalue weighted by molar-refractivity contribution is 9.09. The number of alkyl halides is 1. The van der Waals surface area contributed by atoms with Crippen molar-refractivity contribution in [3.8, 4) is 5.75 Å². The summed E-state index contributed by atoms with van der Waals surface area (Å²) in [6, 6.07) is 6.16. The van der Waals surface area contributed by atoms with Crippen molar-refractivity contribution in [1.29, 1.82) is 0 Å². The van der Waals surface area contributed by atoms with Gasteiger partial charge in [0.2, 0.25) is 0 Å². The van der Waals surface area contributed by atoms with Crippen molar-refractivity contribution in [3.63, 3.8) is 0 Å². The standard InChI is InChI=1S/C12H12BrNOS/c1-15-10-7-12(16-8-10)11(13)6-9-2-4-14-5-3-9/h2-5,7-8,11H,6H2,1H3. The predicted octanol–water partition coefficient (Wildman–Crippen LogP) is 3.83. The van der Waals surface area contributed by atoms with Crippen LogP contribution in [0.3, 0.4) is 0 Å². The van der Waals surface area contributed by atoms with Crippen LogP contribution in [0.2, 0.25) is 0 Å². The minimum Gasteiger partial charge on any atom is -0.496 e. The zero-order valence-electron chi connectivity index (χ0n) is 8.89. The number of nitrogens with zero attached hydrogens (tertiary/aromatic N) is 1. The first kappa shape index (κ1) is 11.6. The maximum Gasteiger partial charge on any atom is 0.129 e. The first-order chi connectivity index (χ1) is 7.79. The molecule has 0 aromatic carbocycles. The van der Waals surface area contributed by atoms with Gasteiger partial charge in [0.15, 0.2) is 0 Å². The Morgan fingerprint density at radius 2 is 2.19 bits per heavy atom. The monoisotopic (exact) mass is 297 g/mol. The van der Waals surface area contributed by atoms with Gasteiger partial charge in [-0.05, 0) is 30.2 Å². The molecule has 2 heterocycles. The predicted molar refractivity (Wildman–Crippen MR) is 70.5 cm³/mol. The van der Waals surface area contributed by atoms with Crippen LogP contribution in [-0.2, 0) is 6.42 Å². The number of hydrogen-bond acceptors (Lipinski definition) is 3. The Bertz CT molecular complexity index is 443. The summed E-state index contributed by atoms with van der Waals surface area (Å²) < 4.78 is 5.17. The van der Waals surface area contributed by atoms with Crippen LogP contribution in [0.4, 0.5) is 0 Å². The highest BCUT2D eigenvalue weighted by atomic mass is 79.9. The molecule has 0 spiro atoms. The first-order valence-electron chi connectivity index (χ1n) is 4.95. The van der Waals surface area contributed by atoms with Gasteiger partial charge in [0.1, 0.15) is 5.75 Å². The zero-order chi connectivity index (χ0) is 11.4. The van der Waals surface area contributed by atoms with E-state index in [2.05, 4.69) is 27.0 Å². The normalized spacial score (nSPS) is 12.4. The van der Waals surface area contributed by atoms with Gasteiger partial charge in [-0.1, -0.05) is 15.9 Å². The van der Waals surface area contributed by atoms with E-state index >= 15 is 0 Å². The number of methoxy groups -OCH3 is 1.